The molecular weight excluding hydrogens is 232 g/mol. The summed E-state index contributed by atoms with van der Waals surface area (Å²) in [6, 6.07) is 0. The van der Waals surface area contributed by atoms with Crippen molar-refractivity contribution in [2.45, 2.75) is 24.6 Å². The van der Waals surface area contributed by atoms with Crippen molar-refractivity contribution in [2.75, 3.05) is 0 Å². The predicted octanol–water partition coefficient (Wildman–Crippen LogP) is 2.81. The van der Waals surface area contributed by atoms with Gasteiger partial charge in [-0.05, 0) is 0 Å². The maximum absolute atomic E-state index is 11.4. The first-order valence-electron chi connectivity index (χ1n) is 3.64. The summed E-state index contributed by atoms with van der Waals surface area (Å²) in [6.45, 7) is 5.28. The van der Waals surface area contributed by atoms with Crippen molar-refractivity contribution in [3.8, 4) is 0 Å². The van der Waals surface area contributed by atoms with Gasteiger partial charge >= 0.3 is 0 Å². The third-order valence-electron chi connectivity index (χ3n) is 1.35. The monoisotopic (exact) mass is 243 g/mol. The van der Waals surface area contributed by atoms with E-state index in [1.54, 1.807) is 20.8 Å². The standard InChI is InChI=1S/C8H12Cl3NO/c1-7(2,3)6(13)4-5(12)8(9,10)11/h4H,12H2,1-3H3/b5-4-. The summed E-state index contributed by atoms with van der Waals surface area (Å²) in [6.07, 6.45) is 1.16. The van der Waals surface area contributed by atoms with Gasteiger partial charge in [0.05, 0.1) is 5.70 Å². The minimum Gasteiger partial charge on any atom is -0.398 e. The highest BCUT2D eigenvalue weighted by Crippen LogP contribution is 2.32. The molecule has 0 bridgehead atoms. The van der Waals surface area contributed by atoms with Crippen LogP contribution in [0.3, 0.4) is 0 Å². The molecule has 5 heteroatoms. The van der Waals surface area contributed by atoms with E-state index >= 15 is 0 Å². The third kappa shape index (κ3) is 4.75. The van der Waals surface area contributed by atoms with Crippen molar-refractivity contribution in [1.82, 2.24) is 0 Å². The van der Waals surface area contributed by atoms with Gasteiger partial charge in [0.25, 0.3) is 0 Å². The molecule has 0 unspecified atom stereocenters. The molecule has 0 amide bonds. The van der Waals surface area contributed by atoms with Crippen LogP contribution in [0.5, 0.6) is 0 Å². The SMILES string of the molecule is CC(C)(C)C(=O)/C=C(\N)C(Cl)(Cl)Cl. The van der Waals surface area contributed by atoms with Gasteiger partial charge in [0, 0.05) is 11.5 Å². The quantitative estimate of drug-likeness (QED) is 0.569. The van der Waals surface area contributed by atoms with Gasteiger partial charge in [0.1, 0.15) is 0 Å². The van der Waals surface area contributed by atoms with E-state index in [-0.39, 0.29) is 11.5 Å². The van der Waals surface area contributed by atoms with E-state index in [0.29, 0.717) is 0 Å². The molecule has 0 saturated heterocycles. The topological polar surface area (TPSA) is 43.1 Å². The maximum atomic E-state index is 11.4. The number of hydrogen-bond donors (Lipinski definition) is 1. The fourth-order valence-electron chi connectivity index (χ4n) is 0.440. The average Bonchev–Trinajstić information content (AvgIpc) is 1.82. The molecule has 2 nitrogen and oxygen atoms in total. The Morgan fingerprint density at radius 1 is 1.23 bits per heavy atom. The molecule has 2 N–H and O–H groups in total. The lowest BCUT2D eigenvalue weighted by Crippen LogP contribution is -2.23. The first-order chi connectivity index (χ1) is 5.55. The highest BCUT2D eigenvalue weighted by Gasteiger charge is 2.27. The van der Waals surface area contributed by atoms with E-state index in [1.807, 2.05) is 0 Å². The Morgan fingerprint density at radius 3 is 1.85 bits per heavy atom. The number of alkyl halides is 3. The van der Waals surface area contributed by atoms with Crippen LogP contribution in [0.25, 0.3) is 0 Å². The summed E-state index contributed by atoms with van der Waals surface area (Å²) in [5, 5.41) is 0. The minimum atomic E-state index is -1.71. The minimum absolute atomic E-state index is 0.0579. The van der Waals surface area contributed by atoms with Gasteiger partial charge in [0.2, 0.25) is 3.79 Å². The van der Waals surface area contributed by atoms with Crippen LogP contribution in [0.2, 0.25) is 0 Å². The molecule has 0 aromatic carbocycles. The number of ketones is 1. The first kappa shape index (κ1) is 13.1. The van der Waals surface area contributed by atoms with Crippen LogP contribution in [-0.2, 0) is 4.79 Å². The summed E-state index contributed by atoms with van der Waals surface area (Å²) in [5.74, 6) is -0.170. The fourth-order valence-corrected chi connectivity index (χ4v) is 0.603. The second-order valence-electron chi connectivity index (χ2n) is 3.71. The van der Waals surface area contributed by atoms with Gasteiger partial charge in [-0.15, -0.1) is 0 Å². The molecule has 0 aliphatic rings. The summed E-state index contributed by atoms with van der Waals surface area (Å²) >= 11 is 16.4. The summed E-state index contributed by atoms with van der Waals surface area (Å²) in [5.41, 5.74) is 4.82. The molecule has 0 rings (SSSR count). The van der Waals surface area contributed by atoms with Crippen LogP contribution in [-0.4, -0.2) is 9.58 Å². The van der Waals surface area contributed by atoms with Crippen LogP contribution in [0, 0.1) is 5.41 Å². The Hall–Kier alpha value is 0.0800. The number of allylic oxidation sites excluding steroid dienone is 2. The molecule has 0 atom stereocenters. The van der Waals surface area contributed by atoms with Crippen LogP contribution in [0.4, 0.5) is 0 Å². The number of carbonyl (C=O) groups excluding carboxylic acids is 1. The summed E-state index contributed by atoms with van der Waals surface area (Å²) in [4.78, 5) is 11.4. The molecule has 0 aliphatic heterocycles. The molecule has 13 heavy (non-hydrogen) atoms. The molecule has 0 aromatic rings. The summed E-state index contributed by atoms with van der Waals surface area (Å²) in [7, 11) is 0. The second kappa shape index (κ2) is 4.07. The van der Waals surface area contributed by atoms with E-state index in [2.05, 4.69) is 0 Å². The Labute approximate surface area is 93.0 Å². The van der Waals surface area contributed by atoms with E-state index in [9.17, 15) is 4.79 Å². The van der Waals surface area contributed by atoms with Crippen molar-refractivity contribution >= 4 is 40.6 Å². The fraction of sp³-hybridized carbons (Fsp3) is 0.625. The number of carbonyl (C=O) groups is 1. The van der Waals surface area contributed by atoms with E-state index in [4.69, 9.17) is 40.5 Å². The Balaban J connectivity index is 4.70. The van der Waals surface area contributed by atoms with Gasteiger partial charge < -0.3 is 5.73 Å². The molecule has 0 aliphatic carbocycles. The van der Waals surface area contributed by atoms with E-state index in [1.165, 1.54) is 0 Å². The first-order valence-corrected chi connectivity index (χ1v) is 4.77. The number of nitrogens with two attached hydrogens (primary N) is 1. The highest BCUT2D eigenvalue weighted by molar-refractivity contribution is 6.69. The van der Waals surface area contributed by atoms with Crippen LogP contribution >= 0.6 is 34.8 Å². The van der Waals surface area contributed by atoms with Crippen LogP contribution < -0.4 is 5.73 Å². The van der Waals surface area contributed by atoms with Gasteiger partial charge in [-0.25, -0.2) is 0 Å². The number of halogens is 3. The molecular formula is C8H12Cl3NO. The van der Waals surface area contributed by atoms with E-state index < -0.39 is 9.21 Å². The second-order valence-corrected chi connectivity index (χ2v) is 5.99. The molecule has 0 fully saturated rings. The number of hydrogen-bond acceptors (Lipinski definition) is 2. The normalized spacial score (nSPS) is 14.5. The molecule has 0 radical (unpaired) electrons. The van der Waals surface area contributed by atoms with Gasteiger partial charge in [-0.1, -0.05) is 55.6 Å². The van der Waals surface area contributed by atoms with E-state index in [0.717, 1.165) is 6.08 Å². The van der Waals surface area contributed by atoms with Crippen LogP contribution in [0.15, 0.2) is 11.8 Å². The lowest BCUT2D eigenvalue weighted by Gasteiger charge is -2.16. The maximum Gasteiger partial charge on any atom is 0.230 e. The Bertz CT molecular complexity index is 235. The average molecular weight is 245 g/mol. The molecule has 76 valence electrons. The molecule has 0 heterocycles. The smallest absolute Gasteiger partial charge is 0.230 e. The number of rotatable bonds is 1. The van der Waals surface area contributed by atoms with Gasteiger partial charge in [0.15, 0.2) is 5.78 Å². The lowest BCUT2D eigenvalue weighted by atomic mass is 9.90. The van der Waals surface area contributed by atoms with Crippen molar-refractivity contribution < 1.29 is 4.79 Å². The van der Waals surface area contributed by atoms with Crippen LogP contribution in [0.1, 0.15) is 20.8 Å². The Kier molecular flexibility index (Phi) is 4.10. The van der Waals surface area contributed by atoms with Gasteiger partial charge in [-0.2, -0.15) is 0 Å². The zero-order chi connectivity index (χ0) is 10.9. The zero-order valence-corrected chi connectivity index (χ0v) is 9.96. The largest absolute Gasteiger partial charge is 0.398 e. The van der Waals surface area contributed by atoms with Gasteiger partial charge in [-0.3, -0.25) is 4.79 Å². The van der Waals surface area contributed by atoms with Crippen molar-refractivity contribution in [2.24, 2.45) is 11.1 Å². The highest BCUT2D eigenvalue weighted by atomic mass is 35.6. The predicted molar refractivity (Wildman–Crippen MR) is 57.0 cm³/mol. The Morgan fingerprint density at radius 2 is 1.62 bits per heavy atom. The lowest BCUT2D eigenvalue weighted by molar-refractivity contribution is -0.121. The third-order valence-corrected chi connectivity index (χ3v) is 2.01. The van der Waals surface area contributed by atoms with Crippen molar-refractivity contribution in [3.05, 3.63) is 11.8 Å². The zero-order valence-electron chi connectivity index (χ0n) is 7.70. The molecule has 0 saturated carbocycles. The van der Waals surface area contributed by atoms with Crippen molar-refractivity contribution in [3.63, 3.8) is 0 Å². The molecule has 0 aromatic heterocycles. The molecule has 0 spiro atoms. The van der Waals surface area contributed by atoms with Crippen molar-refractivity contribution in [1.29, 1.82) is 0 Å². The summed E-state index contributed by atoms with van der Waals surface area (Å²) < 4.78 is -1.71.